The van der Waals surface area contributed by atoms with Gasteiger partial charge in [0.05, 0.1) is 6.54 Å². The predicted molar refractivity (Wildman–Crippen MR) is 68.4 cm³/mol. The summed E-state index contributed by atoms with van der Waals surface area (Å²) >= 11 is 3.35. The zero-order valence-corrected chi connectivity index (χ0v) is 10.1. The first kappa shape index (κ1) is 11.0. The van der Waals surface area contributed by atoms with E-state index in [0.29, 0.717) is 12.2 Å². The maximum atomic E-state index is 11.5. The summed E-state index contributed by atoms with van der Waals surface area (Å²) in [5.74, 6) is 0. The molecule has 0 spiro atoms. The van der Waals surface area contributed by atoms with Crippen molar-refractivity contribution in [3.05, 3.63) is 63.0 Å². The molecule has 0 radical (unpaired) electrons. The van der Waals surface area contributed by atoms with Crippen LogP contribution in [0.15, 0.2) is 51.9 Å². The highest BCUT2D eigenvalue weighted by atomic mass is 79.9. The topological polar surface area (TPSA) is 48.0 Å². The number of nitrogens with two attached hydrogens (primary N) is 1. The van der Waals surface area contributed by atoms with Crippen LogP contribution in [0.3, 0.4) is 0 Å². The third kappa shape index (κ3) is 2.33. The van der Waals surface area contributed by atoms with E-state index in [-0.39, 0.29) is 5.56 Å². The molecule has 0 aliphatic carbocycles. The molecule has 0 saturated heterocycles. The van der Waals surface area contributed by atoms with Crippen LogP contribution in [0.1, 0.15) is 5.56 Å². The highest BCUT2D eigenvalue weighted by Crippen LogP contribution is 2.18. The molecule has 2 rings (SSSR count). The van der Waals surface area contributed by atoms with E-state index in [9.17, 15) is 4.79 Å². The van der Waals surface area contributed by atoms with E-state index in [1.54, 1.807) is 16.8 Å². The van der Waals surface area contributed by atoms with Crippen molar-refractivity contribution < 1.29 is 0 Å². The van der Waals surface area contributed by atoms with E-state index < -0.39 is 0 Å². The Balaban J connectivity index is 2.35. The van der Waals surface area contributed by atoms with Gasteiger partial charge in [-0.2, -0.15) is 0 Å². The second-order valence-corrected chi connectivity index (χ2v) is 4.43. The van der Waals surface area contributed by atoms with Gasteiger partial charge in [0.2, 0.25) is 0 Å². The van der Waals surface area contributed by atoms with Gasteiger partial charge in [0.25, 0.3) is 5.56 Å². The summed E-state index contributed by atoms with van der Waals surface area (Å²) in [4.78, 5) is 11.5. The fraction of sp³-hybridized carbons (Fsp3) is 0.0833. The van der Waals surface area contributed by atoms with Crippen molar-refractivity contribution in [3.63, 3.8) is 0 Å². The molecule has 0 aliphatic heterocycles. The fourth-order valence-corrected chi connectivity index (χ4v) is 1.86. The Labute approximate surface area is 102 Å². The Morgan fingerprint density at radius 1 is 1.25 bits per heavy atom. The van der Waals surface area contributed by atoms with Crippen molar-refractivity contribution in [2.24, 2.45) is 0 Å². The maximum absolute atomic E-state index is 11.5. The monoisotopic (exact) mass is 278 g/mol. The maximum Gasteiger partial charge on any atom is 0.250 e. The van der Waals surface area contributed by atoms with Gasteiger partial charge < -0.3 is 10.3 Å². The summed E-state index contributed by atoms with van der Waals surface area (Å²) in [6.07, 6.45) is 1.75. The zero-order chi connectivity index (χ0) is 11.5. The average molecular weight is 279 g/mol. The molecule has 0 atom stereocenters. The third-order valence-corrected chi connectivity index (χ3v) is 2.84. The minimum Gasteiger partial charge on any atom is -0.398 e. The van der Waals surface area contributed by atoms with E-state index in [2.05, 4.69) is 15.9 Å². The molecule has 1 aromatic carbocycles. The number of aromatic nitrogens is 1. The van der Waals surface area contributed by atoms with Crippen molar-refractivity contribution in [3.8, 4) is 0 Å². The number of halogens is 1. The number of hydrogen-bond acceptors (Lipinski definition) is 2. The molecule has 0 amide bonds. The summed E-state index contributed by atoms with van der Waals surface area (Å²) in [6, 6.07) is 10.8. The first-order valence-corrected chi connectivity index (χ1v) is 5.65. The van der Waals surface area contributed by atoms with Gasteiger partial charge in [-0.05, 0) is 23.8 Å². The van der Waals surface area contributed by atoms with Crippen LogP contribution < -0.4 is 11.3 Å². The van der Waals surface area contributed by atoms with Crippen LogP contribution >= 0.6 is 15.9 Å². The van der Waals surface area contributed by atoms with Crippen molar-refractivity contribution in [2.75, 3.05) is 5.73 Å². The highest BCUT2D eigenvalue weighted by molar-refractivity contribution is 9.10. The molecule has 4 heteroatoms. The second kappa shape index (κ2) is 4.53. The quantitative estimate of drug-likeness (QED) is 0.857. The van der Waals surface area contributed by atoms with E-state index in [1.165, 1.54) is 6.07 Å². The Morgan fingerprint density at radius 3 is 2.75 bits per heavy atom. The molecule has 82 valence electrons. The molecule has 2 N–H and O–H groups in total. The smallest absolute Gasteiger partial charge is 0.250 e. The van der Waals surface area contributed by atoms with Crippen molar-refractivity contribution >= 4 is 21.6 Å². The van der Waals surface area contributed by atoms with Gasteiger partial charge in [0, 0.05) is 22.4 Å². The lowest BCUT2D eigenvalue weighted by molar-refractivity contribution is 0.761. The van der Waals surface area contributed by atoms with Crippen LogP contribution in [0.5, 0.6) is 0 Å². The van der Waals surface area contributed by atoms with Crippen molar-refractivity contribution in [1.82, 2.24) is 4.57 Å². The minimum atomic E-state index is -0.0233. The lowest BCUT2D eigenvalue weighted by atomic mass is 10.2. The average Bonchev–Trinajstić information content (AvgIpc) is 2.25. The summed E-state index contributed by atoms with van der Waals surface area (Å²) in [5, 5.41) is 0. The lowest BCUT2D eigenvalue weighted by Gasteiger charge is -2.08. The van der Waals surface area contributed by atoms with Gasteiger partial charge in [-0.25, -0.2) is 0 Å². The van der Waals surface area contributed by atoms with Crippen LogP contribution in [0.25, 0.3) is 0 Å². The van der Waals surface area contributed by atoms with E-state index in [0.717, 1.165) is 10.0 Å². The van der Waals surface area contributed by atoms with Gasteiger partial charge in [-0.3, -0.25) is 4.79 Å². The summed E-state index contributed by atoms with van der Waals surface area (Å²) in [5.41, 5.74) is 7.48. The predicted octanol–water partition coefficient (Wildman–Crippen LogP) is 2.24. The molecule has 0 fully saturated rings. The largest absolute Gasteiger partial charge is 0.398 e. The summed E-state index contributed by atoms with van der Waals surface area (Å²) in [6.45, 7) is 0.499. The number of benzene rings is 1. The number of anilines is 1. The van der Waals surface area contributed by atoms with E-state index >= 15 is 0 Å². The molecule has 1 aromatic heterocycles. The van der Waals surface area contributed by atoms with Crippen LogP contribution in [-0.2, 0) is 6.54 Å². The SMILES string of the molecule is Nc1cc(Br)ccc1Cn1ccccc1=O. The number of hydrogen-bond donors (Lipinski definition) is 1. The molecule has 0 unspecified atom stereocenters. The van der Waals surface area contributed by atoms with Gasteiger partial charge >= 0.3 is 0 Å². The summed E-state index contributed by atoms with van der Waals surface area (Å²) < 4.78 is 2.56. The highest BCUT2D eigenvalue weighted by Gasteiger charge is 2.01. The van der Waals surface area contributed by atoms with Crippen LogP contribution in [0.2, 0.25) is 0 Å². The molecule has 16 heavy (non-hydrogen) atoms. The molecular weight excluding hydrogens is 268 g/mol. The fourth-order valence-electron chi connectivity index (χ4n) is 1.48. The third-order valence-electron chi connectivity index (χ3n) is 2.35. The molecule has 0 bridgehead atoms. The van der Waals surface area contributed by atoms with Gasteiger partial charge in [0.15, 0.2) is 0 Å². The second-order valence-electron chi connectivity index (χ2n) is 3.51. The molecule has 3 nitrogen and oxygen atoms in total. The van der Waals surface area contributed by atoms with Crippen LogP contribution in [0.4, 0.5) is 5.69 Å². The number of rotatable bonds is 2. The Morgan fingerprint density at radius 2 is 2.06 bits per heavy atom. The van der Waals surface area contributed by atoms with Crippen molar-refractivity contribution in [2.45, 2.75) is 6.54 Å². The van der Waals surface area contributed by atoms with Crippen LogP contribution in [0, 0.1) is 0 Å². The van der Waals surface area contributed by atoms with Gasteiger partial charge in [0.1, 0.15) is 0 Å². The minimum absolute atomic E-state index is 0.0233. The molecule has 0 aliphatic rings. The normalized spacial score (nSPS) is 10.3. The molecule has 2 aromatic rings. The first-order valence-electron chi connectivity index (χ1n) is 4.86. The van der Waals surface area contributed by atoms with Crippen LogP contribution in [-0.4, -0.2) is 4.57 Å². The zero-order valence-electron chi connectivity index (χ0n) is 8.56. The molecule has 1 heterocycles. The Bertz CT molecular complexity index is 563. The Hall–Kier alpha value is -1.55. The Kier molecular flexibility index (Phi) is 3.10. The summed E-state index contributed by atoms with van der Waals surface area (Å²) in [7, 11) is 0. The standard InChI is InChI=1S/C12H11BrN2O/c13-10-5-4-9(11(14)7-10)8-15-6-2-1-3-12(15)16/h1-7H,8,14H2. The van der Waals surface area contributed by atoms with Crippen molar-refractivity contribution in [1.29, 1.82) is 0 Å². The van der Waals surface area contributed by atoms with E-state index in [4.69, 9.17) is 5.73 Å². The molecule has 0 saturated carbocycles. The number of pyridine rings is 1. The van der Waals surface area contributed by atoms with Gasteiger partial charge in [-0.15, -0.1) is 0 Å². The lowest BCUT2D eigenvalue weighted by Crippen LogP contribution is -2.18. The first-order chi connectivity index (χ1) is 7.66. The molecular formula is C12H11BrN2O. The van der Waals surface area contributed by atoms with Gasteiger partial charge in [-0.1, -0.05) is 28.1 Å². The van der Waals surface area contributed by atoms with E-state index in [1.807, 2.05) is 24.3 Å². The number of nitrogen functional groups attached to an aromatic ring is 1. The number of nitrogens with zero attached hydrogens (tertiary/aromatic N) is 1.